The van der Waals surface area contributed by atoms with Crippen molar-refractivity contribution < 1.29 is 19.4 Å². The van der Waals surface area contributed by atoms with Crippen LogP contribution in [0.1, 0.15) is 20.8 Å². The van der Waals surface area contributed by atoms with E-state index in [0.29, 0.717) is 17.1 Å². The first-order valence-corrected chi connectivity index (χ1v) is 7.28. The van der Waals surface area contributed by atoms with E-state index >= 15 is 0 Å². The Morgan fingerprint density at radius 1 is 1.17 bits per heavy atom. The average Bonchev–Trinajstić information content (AvgIpc) is 2.78. The summed E-state index contributed by atoms with van der Waals surface area (Å²) in [6.07, 6.45) is -0.130. The van der Waals surface area contributed by atoms with Crippen LogP contribution in [0.5, 0.6) is 0 Å². The molecular weight excluding hydrogens is 312 g/mol. The number of carbonyl (C=O) groups is 2. The maximum Gasteiger partial charge on any atom is 0.412 e. The van der Waals surface area contributed by atoms with Crippen molar-refractivity contribution in [3.8, 4) is 11.1 Å². The summed E-state index contributed by atoms with van der Waals surface area (Å²) in [5.41, 5.74) is 1.41. The number of ether oxygens (including phenoxy) is 1. The lowest BCUT2D eigenvalue weighted by molar-refractivity contribution is 0.0636. The molecule has 0 saturated carbocycles. The van der Waals surface area contributed by atoms with Gasteiger partial charge in [-0.1, -0.05) is 12.1 Å². The van der Waals surface area contributed by atoms with Crippen LogP contribution in [0.3, 0.4) is 0 Å². The van der Waals surface area contributed by atoms with Crippen molar-refractivity contribution in [1.29, 1.82) is 0 Å². The molecule has 2 rings (SSSR count). The molecule has 0 aliphatic heterocycles. The van der Waals surface area contributed by atoms with Crippen LogP contribution in [0.15, 0.2) is 30.5 Å². The molecule has 0 radical (unpaired) electrons. The number of rotatable bonds is 3. The van der Waals surface area contributed by atoms with Crippen molar-refractivity contribution in [3.05, 3.63) is 30.5 Å². The van der Waals surface area contributed by atoms with Gasteiger partial charge in [0.15, 0.2) is 0 Å². The minimum atomic E-state index is -1.16. The van der Waals surface area contributed by atoms with Gasteiger partial charge in [0.25, 0.3) is 0 Å². The van der Waals surface area contributed by atoms with E-state index in [2.05, 4.69) is 15.7 Å². The maximum atomic E-state index is 11.7. The first-order chi connectivity index (χ1) is 11.2. The molecule has 0 aliphatic carbocycles. The molecule has 0 unspecified atom stereocenters. The number of carbonyl (C=O) groups excluding carboxylic acids is 1. The summed E-state index contributed by atoms with van der Waals surface area (Å²) in [5, 5.41) is 17.9. The number of aryl methyl sites for hydroxylation is 1. The van der Waals surface area contributed by atoms with Crippen molar-refractivity contribution in [2.75, 3.05) is 10.6 Å². The van der Waals surface area contributed by atoms with Gasteiger partial charge in [-0.15, -0.1) is 0 Å². The zero-order chi connectivity index (χ0) is 17.9. The van der Waals surface area contributed by atoms with E-state index in [1.165, 1.54) is 4.68 Å². The van der Waals surface area contributed by atoms with Gasteiger partial charge in [-0.3, -0.25) is 15.3 Å². The van der Waals surface area contributed by atoms with Crippen LogP contribution >= 0.6 is 0 Å². The van der Waals surface area contributed by atoms with Gasteiger partial charge in [0.1, 0.15) is 11.4 Å². The highest BCUT2D eigenvalue weighted by Gasteiger charge is 2.17. The number of nitrogens with zero attached hydrogens (tertiary/aromatic N) is 2. The van der Waals surface area contributed by atoms with Crippen molar-refractivity contribution in [2.45, 2.75) is 26.4 Å². The van der Waals surface area contributed by atoms with E-state index in [1.54, 1.807) is 58.3 Å². The zero-order valence-electron chi connectivity index (χ0n) is 14.0. The number of anilines is 2. The van der Waals surface area contributed by atoms with Crippen LogP contribution in [0.4, 0.5) is 21.1 Å². The molecule has 2 aromatic rings. The van der Waals surface area contributed by atoms with E-state index in [1.807, 2.05) is 0 Å². The Balaban J connectivity index is 2.16. The molecule has 0 spiro atoms. The molecule has 2 amide bonds. The number of carboxylic acid groups (broad SMARTS) is 1. The van der Waals surface area contributed by atoms with E-state index in [0.717, 1.165) is 5.56 Å². The largest absolute Gasteiger partial charge is 0.465 e. The van der Waals surface area contributed by atoms with Crippen LogP contribution in [0.25, 0.3) is 11.1 Å². The van der Waals surface area contributed by atoms with Crippen LogP contribution in [-0.4, -0.2) is 32.7 Å². The number of hydrogen-bond acceptors (Lipinski definition) is 4. The molecule has 1 aromatic heterocycles. The number of hydrogen-bond donors (Lipinski definition) is 3. The van der Waals surface area contributed by atoms with Gasteiger partial charge in [-0.25, -0.2) is 9.59 Å². The Hall–Kier alpha value is -3.03. The summed E-state index contributed by atoms with van der Waals surface area (Å²) >= 11 is 0. The molecule has 8 nitrogen and oxygen atoms in total. The molecule has 24 heavy (non-hydrogen) atoms. The summed E-state index contributed by atoms with van der Waals surface area (Å²) in [6.45, 7) is 5.36. The van der Waals surface area contributed by atoms with E-state index in [4.69, 9.17) is 9.84 Å². The molecular formula is C16H20N4O4. The van der Waals surface area contributed by atoms with Crippen molar-refractivity contribution in [2.24, 2.45) is 7.05 Å². The fourth-order valence-corrected chi connectivity index (χ4v) is 2.05. The highest BCUT2D eigenvalue weighted by molar-refractivity contribution is 5.89. The predicted molar refractivity (Wildman–Crippen MR) is 90.1 cm³/mol. The average molecular weight is 332 g/mol. The fourth-order valence-electron chi connectivity index (χ4n) is 2.05. The molecule has 0 fully saturated rings. The Kier molecular flexibility index (Phi) is 4.77. The maximum absolute atomic E-state index is 11.7. The second kappa shape index (κ2) is 6.61. The molecule has 1 heterocycles. The van der Waals surface area contributed by atoms with Crippen LogP contribution in [-0.2, 0) is 11.8 Å². The molecule has 0 aliphatic rings. The number of nitrogens with one attached hydrogen (secondary N) is 2. The normalized spacial score (nSPS) is 11.0. The third-order valence-corrected chi connectivity index (χ3v) is 3.01. The van der Waals surface area contributed by atoms with Gasteiger partial charge in [0.2, 0.25) is 0 Å². The summed E-state index contributed by atoms with van der Waals surface area (Å²) in [5.74, 6) is 0.371. The molecule has 8 heteroatoms. The van der Waals surface area contributed by atoms with Crippen molar-refractivity contribution >= 4 is 23.7 Å². The lowest BCUT2D eigenvalue weighted by Gasteiger charge is -2.19. The van der Waals surface area contributed by atoms with Gasteiger partial charge in [0.05, 0.1) is 6.20 Å². The fraction of sp³-hybridized carbons (Fsp3) is 0.312. The van der Waals surface area contributed by atoms with E-state index in [-0.39, 0.29) is 0 Å². The molecule has 0 saturated heterocycles. The molecule has 1 aromatic carbocycles. The molecule has 3 N–H and O–H groups in total. The van der Waals surface area contributed by atoms with E-state index < -0.39 is 17.8 Å². The topological polar surface area (TPSA) is 105 Å². The summed E-state index contributed by atoms with van der Waals surface area (Å²) in [7, 11) is 1.65. The quantitative estimate of drug-likeness (QED) is 0.797. The molecule has 128 valence electrons. The van der Waals surface area contributed by atoms with Gasteiger partial charge in [-0.05, 0) is 38.5 Å². The smallest absolute Gasteiger partial charge is 0.412 e. The number of aromatic nitrogens is 2. The Morgan fingerprint density at radius 2 is 1.79 bits per heavy atom. The van der Waals surface area contributed by atoms with Crippen LogP contribution in [0.2, 0.25) is 0 Å². The Bertz CT molecular complexity index is 744. The summed E-state index contributed by atoms with van der Waals surface area (Å²) in [6, 6.07) is 6.93. The van der Waals surface area contributed by atoms with E-state index in [9.17, 15) is 9.59 Å². The molecule has 0 bridgehead atoms. The van der Waals surface area contributed by atoms with Crippen LogP contribution in [0, 0.1) is 0 Å². The number of amides is 2. The second-order valence-electron chi connectivity index (χ2n) is 6.16. The minimum Gasteiger partial charge on any atom is -0.465 e. The SMILES string of the molecule is Cn1ncc(-c2ccc(NC(=O)OC(C)(C)C)cc2)c1NC(=O)O. The molecule has 0 atom stereocenters. The Morgan fingerprint density at radius 3 is 2.33 bits per heavy atom. The zero-order valence-corrected chi connectivity index (χ0v) is 14.0. The number of benzene rings is 1. The summed E-state index contributed by atoms with van der Waals surface area (Å²) in [4.78, 5) is 22.6. The third kappa shape index (κ3) is 4.48. The van der Waals surface area contributed by atoms with Crippen molar-refractivity contribution in [3.63, 3.8) is 0 Å². The third-order valence-electron chi connectivity index (χ3n) is 3.01. The van der Waals surface area contributed by atoms with Gasteiger partial charge in [0, 0.05) is 18.3 Å². The highest BCUT2D eigenvalue weighted by atomic mass is 16.6. The highest BCUT2D eigenvalue weighted by Crippen LogP contribution is 2.28. The summed E-state index contributed by atoms with van der Waals surface area (Å²) < 4.78 is 6.62. The van der Waals surface area contributed by atoms with Gasteiger partial charge >= 0.3 is 12.2 Å². The predicted octanol–water partition coefficient (Wildman–Crippen LogP) is 3.52. The lowest BCUT2D eigenvalue weighted by Crippen LogP contribution is -2.27. The Labute approximate surface area is 139 Å². The van der Waals surface area contributed by atoms with Crippen molar-refractivity contribution in [1.82, 2.24) is 9.78 Å². The van der Waals surface area contributed by atoms with Gasteiger partial charge in [-0.2, -0.15) is 5.10 Å². The second-order valence-corrected chi connectivity index (χ2v) is 6.16. The monoisotopic (exact) mass is 332 g/mol. The first kappa shape index (κ1) is 17.3. The lowest BCUT2D eigenvalue weighted by atomic mass is 10.1. The first-order valence-electron chi connectivity index (χ1n) is 7.28. The van der Waals surface area contributed by atoms with Gasteiger partial charge < -0.3 is 9.84 Å². The van der Waals surface area contributed by atoms with Crippen LogP contribution < -0.4 is 10.6 Å². The standard InChI is InChI=1S/C16H20N4O4/c1-16(2,3)24-15(23)18-11-7-5-10(6-8-11)12-9-17-20(4)13(12)19-14(21)22/h5-9,19H,1-4H3,(H,18,23)(H,21,22). The minimum absolute atomic E-state index is 0.371.